The van der Waals surface area contributed by atoms with E-state index in [9.17, 15) is 4.79 Å². The summed E-state index contributed by atoms with van der Waals surface area (Å²) in [5.74, 6) is 1.17. The Balaban J connectivity index is 1.90. The number of carbonyl (C=O) groups excluding carboxylic acids is 1. The Morgan fingerprint density at radius 2 is 2.08 bits per heavy atom. The van der Waals surface area contributed by atoms with Gasteiger partial charge in [0.25, 0.3) is 5.91 Å². The first-order valence-electron chi connectivity index (χ1n) is 8.44. The minimum atomic E-state index is -0.513. The van der Waals surface area contributed by atoms with Crippen LogP contribution in [0.5, 0.6) is 0 Å². The molecule has 1 aliphatic rings. The fourth-order valence-corrected chi connectivity index (χ4v) is 4.56. The van der Waals surface area contributed by atoms with Crippen molar-refractivity contribution in [1.82, 2.24) is 10.3 Å². The monoisotopic (exact) mass is 340 g/mol. The number of aromatic nitrogens is 1. The van der Waals surface area contributed by atoms with Gasteiger partial charge in [-0.2, -0.15) is 11.8 Å². The molecule has 0 radical (unpaired) electrons. The van der Waals surface area contributed by atoms with Crippen LogP contribution in [-0.2, 0) is 5.54 Å². The lowest BCUT2D eigenvalue weighted by molar-refractivity contribution is 0.0908. The summed E-state index contributed by atoms with van der Waals surface area (Å²) in [6, 6.07) is 12.0. The minimum absolute atomic E-state index is 0.00810. The predicted octanol–water partition coefficient (Wildman–Crippen LogP) is 4.62. The number of nitrogens with zero attached hydrogens (tertiary/aromatic N) is 1. The second-order valence-electron chi connectivity index (χ2n) is 6.83. The molecule has 4 heteroatoms. The summed E-state index contributed by atoms with van der Waals surface area (Å²) in [6.07, 6.45) is 4.14. The molecule has 3 nitrogen and oxygen atoms in total. The van der Waals surface area contributed by atoms with E-state index in [-0.39, 0.29) is 5.91 Å². The highest BCUT2D eigenvalue weighted by Gasteiger charge is 2.29. The highest BCUT2D eigenvalue weighted by Crippen LogP contribution is 2.41. The fourth-order valence-electron chi connectivity index (χ4n) is 3.23. The van der Waals surface area contributed by atoms with Crippen LogP contribution in [0, 0.1) is 6.92 Å². The molecule has 1 atom stereocenters. The zero-order valence-corrected chi connectivity index (χ0v) is 15.3. The standard InChI is InChI=1S/C20H24N2OS/c1-14-8-6-9-15(16-10-7-13-24-16)18(14)19(23)22-20(2,3)17-11-4-5-12-21-17/h4-6,8-9,11-12,16H,7,10,13H2,1-3H3,(H,22,23). The Hall–Kier alpha value is -1.81. The van der Waals surface area contributed by atoms with Crippen molar-refractivity contribution < 1.29 is 4.79 Å². The van der Waals surface area contributed by atoms with Crippen LogP contribution < -0.4 is 5.32 Å². The van der Waals surface area contributed by atoms with E-state index in [0.29, 0.717) is 5.25 Å². The van der Waals surface area contributed by atoms with Gasteiger partial charge in [-0.15, -0.1) is 0 Å². The molecular formula is C20H24N2OS. The third-order valence-electron chi connectivity index (χ3n) is 4.54. The smallest absolute Gasteiger partial charge is 0.252 e. The summed E-state index contributed by atoms with van der Waals surface area (Å²) in [6.45, 7) is 6.01. The lowest BCUT2D eigenvalue weighted by Crippen LogP contribution is -2.42. The summed E-state index contributed by atoms with van der Waals surface area (Å²) in [7, 11) is 0. The summed E-state index contributed by atoms with van der Waals surface area (Å²) < 4.78 is 0. The van der Waals surface area contributed by atoms with Crippen molar-refractivity contribution in [2.75, 3.05) is 5.75 Å². The van der Waals surface area contributed by atoms with Crippen molar-refractivity contribution in [1.29, 1.82) is 0 Å². The fraction of sp³-hybridized carbons (Fsp3) is 0.400. The molecule has 1 aromatic carbocycles. The molecule has 1 saturated heterocycles. The van der Waals surface area contributed by atoms with Crippen molar-refractivity contribution in [2.45, 2.75) is 44.4 Å². The first kappa shape index (κ1) is 17.0. The van der Waals surface area contributed by atoms with E-state index in [4.69, 9.17) is 0 Å². The van der Waals surface area contributed by atoms with E-state index in [1.807, 2.05) is 56.8 Å². The van der Waals surface area contributed by atoms with Crippen LogP contribution in [0.3, 0.4) is 0 Å². The van der Waals surface area contributed by atoms with Crippen LogP contribution in [0.1, 0.15) is 59.1 Å². The molecule has 2 heterocycles. The highest BCUT2D eigenvalue weighted by atomic mass is 32.2. The molecule has 0 bridgehead atoms. The second-order valence-corrected chi connectivity index (χ2v) is 8.15. The lowest BCUT2D eigenvalue weighted by atomic mass is 9.94. The molecule has 0 spiro atoms. The zero-order valence-electron chi connectivity index (χ0n) is 14.5. The van der Waals surface area contributed by atoms with E-state index >= 15 is 0 Å². The van der Waals surface area contributed by atoms with Gasteiger partial charge in [-0.3, -0.25) is 9.78 Å². The van der Waals surface area contributed by atoms with E-state index in [2.05, 4.69) is 22.4 Å². The number of nitrogens with one attached hydrogen (secondary N) is 1. The van der Waals surface area contributed by atoms with E-state index in [1.165, 1.54) is 17.7 Å². The number of thioether (sulfide) groups is 1. The van der Waals surface area contributed by atoms with Crippen LogP contribution >= 0.6 is 11.8 Å². The molecule has 1 fully saturated rings. The first-order valence-corrected chi connectivity index (χ1v) is 9.49. The predicted molar refractivity (Wildman–Crippen MR) is 100 cm³/mol. The van der Waals surface area contributed by atoms with Crippen molar-refractivity contribution >= 4 is 17.7 Å². The number of rotatable bonds is 4. The molecule has 1 N–H and O–H groups in total. The summed E-state index contributed by atoms with van der Waals surface area (Å²) in [4.78, 5) is 17.5. The average Bonchev–Trinajstić information content (AvgIpc) is 3.09. The van der Waals surface area contributed by atoms with Gasteiger partial charge in [-0.05, 0) is 62.6 Å². The number of hydrogen-bond acceptors (Lipinski definition) is 3. The lowest BCUT2D eigenvalue weighted by Gasteiger charge is -2.27. The van der Waals surface area contributed by atoms with Crippen molar-refractivity contribution in [3.63, 3.8) is 0 Å². The average molecular weight is 340 g/mol. The number of amides is 1. The molecule has 1 aromatic heterocycles. The van der Waals surface area contributed by atoms with Crippen molar-refractivity contribution in [2.24, 2.45) is 0 Å². The Morgan fingerprint density at radius 3 is 2.75 bits per heavy atom. The summed E-state index contributed by atoms with van der Waals surface area (Å²) in [5, 5.41) is 3.62. The van der Waals surface area contributed by atoms with Gasteiger partial charge in [0.05, 0.1) is 11.2 Å². The van der Waals surface area contributed by atoms with Gasteiger partial charge in [0, 0.05) is 17.0 Å². The summed E-state index contributed by atoms with van der Waals surface area (Å²) in [5.41, 5.74) is 3.39. The maximum Gasteiger partial charge on any atom is 0.252 e. The molecule has 1 aliphatic heterocycles. The molecule has 3 rings (SSSR count). The third kappa shape index (κ3) is 3.48. The highest BCUT2D eigenvalue weighted by molar-refractivity contribution is 7.99. The van der Waals surface area contributed by atoms with E-state index in [1.54, 1.807) is 6.20 Å². The Morgan fingerprint density at radius 1 is 1.25 bits per heavy atom. The Bertz CT molecular complexity index is 722. The largest absolute Gasteiger partial charge is 0.342 e. The molecule has 0 saturated carbocycles. The second kappa shape index (κ2) is 6.98. The maximum absolute atomic E-state index is 13.1. The zero-order chi connectivity index (χ0) is 17.2. The van der Waals surface area contributed by atoms with Crippen molar-refractivity contribution in [3.05, 3.63) is 65.0 Å². The topological polar surface area (TPSA) is 42.0 Å². The van der Waals surface area contributed by atoms with Crippen LogP contribution in [-0.4, -0.2) is 16.6 Å². The van der Waals surface area contributed by atoms with Gasteiger partial charge < -0.3 is 5.32 Å². The molecule has 1 unspecified atom stereocenters. The number of pyridine rings is 1. The van der Waals surface area contributed by atoms with E-state index < -0.39 is 5.54 Å². The van der Waals surface area contributed by atoms with Crippen LogP contribution in [0.2, 0.25) is 0 Å². The third-order valence-corrected chi connectivity index (χ3v) is 5.96. The number of hydrogen-bond donors (Lipinski definition) is 1. The number of benzene rings is 1. The SMILES string of the molecule is Cc1cccc(C2CCCS2)c1C(=O)NC(C)(C)c1ccccn1. The quantitative estimate of drug-likeness (QED) is 0.883. The van der Waals surface area contributed by atoms with Crippen molar-refractivity contribution in [3.8, 4) is 0 Å². The Labute approximate surface area is 148 Å². The van der Waals surface area contributed by atoms with Gasteiger partial charge >= 0.3 is 0 Å². The number of carbonyl (C=O) groups is 1. The first-order chi connectivity index (χ1) is 11.5. The molecule has 24 heavy (non-hydrogen) atoms. The number of aryl methyl sites for hydroxylation is 1. The molecule has 1 amide bonds. The normalized spacial score (nSPS) is 17.7. The van der Waals surface area contributed by atoms with Crippen LogP contribution in [0.4, 0.5) is 0 Å². The molecule has 2 aromatic rings. The van der Waals surface area contributed by atoms with Gasteiger partial charge in [0.1, 0.15) is 0 Å². The molecule has 126 valence electrons. The van der Waals surface area contributed by atoms with Gasteiger partial charge in [0.15, 0.2) is 0 Å². The van der Waals surface area contributed by atoms with Crippen LogP contribution in [0.25, 0.3) is 0 Å². The maximum atomic E-state index is 13.1. The summed E-state index contributed by atoms with van der Waals surface area (Å²) >= 11 is 1.96. The molecule has 0 aliphatic carbocycles. The van der Waals surface area contributed by atoms with Crippen LogP contribution in [0.15, 0.2) is 42.6 Å². The van der Waals surface area contributed by atoms with E-state index in [0.717, 1.165) is 23.2 Å². The van der Waals surface area contributed by atoms with Gasteiger partial charge in [0.2, 0.25) is 0 Å². The Kier molecular flexibility index (Phi) is 4.95. The van der Waals surface area contributed by atoms with Gasteiger partial charge in [-0.1, -0.05) is 24.3 Å². The minimum Gasteiger partial charge on any atom is -0.342 e. The van der Waals surface area contributed by atoms with Gasteiger partial charge in [-0.25, -0.2) is 0 Å². The molecular weight excluding hydrogens is 316 g/mol.